The Balaban J connectivity index is 3.01. The van der Waals surface area contributed by atoms with E-state index in [9.17, 15) is 19.2 Å². The molecule has 0 aliphatic carbocycles. The zero-order valence-corrected chi connectivity index (χ0v) is 19.4. The predicted molar refractivity (Wildman–Crippen MR) is 122 cm³/mol. The maximum Gasteiger partial charge on any atom is 0.243 e. The van der Waals surface area contributed by atoms with Gasteiger partial charge < -0.3 is 16.4 Å². The number of hydrogen-bond acceptors (Lipinski definition) is 5. The first-order valence-corrected chi connectivity index (χ1v) is 11.1. The van der Waals surface area contributed by atoms with E-state index in [1.54, 1.807) is 24.3 Å². The molecule has 0 spiro atoms. The number of alkyl halides is 1. The van der Waals surface area contributed by atoms with Crippen molar-refractivity contribution in [3.05, 3.63) is 35.9 Å². The Labute approximate surface area is 189 Å². The van der Waals surface area contributed by atoms with Crippen LogP contribution in [0.1, 0.15) is 46.1 Å². The Morgan fingerprint density at radius 2 is 1.42 bits per heavy atom. The molecule has 0 aromatic heterocycles. The summed E-state index contributed by atoms with van der Waals surface area (Å²) in [4.78, 5) is 50.0. The minimum atomic E-state index is -1.07. The molecule has 0 aliphatic heterocycles. The quantitative estimate of drug-likeness (QED) is 0.313. The second-order valence-electron chi connectivity index (χ2n) is 8.60. The molecule has 0 fully saturated rings. The van der Waals surface area contributed by atoms with Crippen LogP contribution < -0.4 is 16.4 Å². The summed E-state index contributed by atoms with van der Waals surface area (Å²) in [5, 5.41) is 5.35. The van der Waals surface area contributed by atoms with Gasteiger partial charge in [0.2, 0.25) is 23.4 Å². The van der Waals surface area contributed by atoms with Crippen LogP contribution in [0.4, 0.5) is 0 Å². The first kappa shape index (κ1) is 26.8. The molecule has 31 heavy (non-hydrogen) atoms. The van der Waals surface area contributed by atoms with Crippen molar-refractivity contribution in [3.8, 4) is 0 Å². The van der Waals surface area contributed by atoms with E-state index in [1.165, 1.54) is 0 Å². The number of ketones is 2. The maximum atomic E-state index is 13.0. The number of nitrogens with two attached hydrogens (primary N) is 1. The summed E-state index contributed by atoms with van der Waals surface area (Å²) >= 11 is 5.55. The molecule has 0 bridgehead atoms. The van der Waals surface area contributed by atoms with E-state index in [0.29, 0.717) is 12.8 Å². The van der Waals surface area contributed by atoms with E-state index >= 15 is 0 Å². The molecule has 1 aromatic rings. The number of hydrogen-bond donors (Lipinski definition) is 3. The maximum absolute atomic E-state index is 13.0. The second-order valence-corrected chi connectivity index (χ2v) is 8.87. The van der Waals surface area contributed by atoms with Gasteiger partial charge >= 0.3 is 0 Å². The number of halogens is 1. The molecule has 3 atom stereocenters. The van der Waals surface area contributed by atoms with Crippen LogP contribution in [0.3, 0.4) is 0 Å². The van der Waals surface area contributed by atoms with Crippen LogP contribution in [0.5, 0.6) is 0 Å². The van der Waals surface area contributed by atoms with Gasteiger partial charge in [-0.25, -0.2) is 0 Å². The van der Waals surface area contributed by atoms with Crippen molar-refractivity contribution in [2.24, 2.45) is 17.6 Å². The van der Waals surface area contributed by atoms with Crippen LogP contribution in [0.2, 0.25) is 0 Å². The number of nitrogens with one attached hydrogen (secondary N) is 2. The molecule has 4 N–H and O–H groups in total. The zero-order chi connectivity index (χ0) is 23.6. The zero-order valence-electron chi connectivity index (χ0n) is 18.7. The number of Topliss-reactive ketones (excluding diaryl/α,β-unsaturated/α-hetero) is 2. The van der Waals surface area contributed by atoms with Crippen LogP contribution in [0.25, 0.3) is 0 Å². The summed E-state index contributed by atoms with van der Waals surface area (Å²) in [7, 11) is 0. The van der Waals surface area contributed by atoms with Crippen molar-refractivity contribution < 1.29 is 19.2 Å². The summed E-state index contributed by atoms with van der Waals surface area (Å²) in [6, 6.07) is 6.37. The van der Waals surface area contributed by atoms with Crippen molar-refractivity contribution in [1.82, 2.24) is 10.6 Å². The number of rotatable bonds is 13. The van der Waals surface area contributed by atoms with Crippen LogP contribution in [0, 0.1) is 11.8 Å². The summed E-state index contributed by atoms with van der Waals surface area (Å²) in [5.74, 6) is -2.62. The standard InChI is InChI=1S/C23H34ClN3O4/c1-14(2)10-17(25)22(30)27-19(11-15(3)4)23(31)26-18(21(29)20(28)13-24)12-16-8-6-5-7-9-16/h5-9,14-15,17-19H,10-13,25H2,1-4H3,(H,26,31)(H,27,30)/t17-,18-,19-/m0/s1. The van der Waals surface area contributed by atoms with Crippen molar-refractivity contribution in [3.63, 3.8) is 0 Å². The van der Waals surface area contributed by atoms with Crippen molar-refractivity contribution in [2.75, 3.05) is 5.88 Å². The Hall–Kier alpha value is -2.25. The molecule has 1 aromatic carbocycles. The lowest BCUT2D eigenvalue weighted by atomic mass is 9.98. The lowest BCUT2D eigenvalue weighted by molar-refractivity contribution is -0.138. The van der Waals surface area contributed by atoms with Gasteiger partial charge in [0, 0.05) is 6.42 Å². The Kier molecular flexibility index (Phi) is 11.4. The lowest BCUT2D eigenvalue weighted by Gasteiger charge is -2.25. The molecule has 0 aliphatic rings. The van der Waals surface area contributed by atoms with Crippen LogP contribution >= 0.6 is 11.6 Å². The molecule has 7 nitrogen and oxygen atoms in total. The molecule has 0 saturated carbocycles. The largest absolute Gasteiger partial charge is 0.344 e. The Bertz CT molecular complexity index is 752. The van der Waals surface area contributed by atoms with E-state index in [2.05, 4.69) is 10.6 Å². The fraction of sp³-hybridized carbons (Fsp3) is 0.565. The van der Waals surface area contributed by atoms with Gasteiger partial charge in [-0.15, -0.1) is 11.6 Å². The number of carbonyl (C=O) groups excluding carboxylic acids is 4. The molecule has 0 heterocycles. The molecule has 0 saturated heterocycles. The summed E-state index contributed by atoms with van der Waals surface area (Å²) in [6.45, 7) is 7.76. The lowest BCUT2D eigenvalue weighted by Crippen LogP contribution is -2.56. The van der Waals surface area contributed by atoms with E-state index < -0.39 is 47.4 Å². The van der Waals surface area contributed by atoms with Gasteiger partial charge in [0.1, 0.15) is 6.04 Å². The van der Waals surface area contributed by atoms with Gasteiger partial charge in [-0.3, -0.25) is 19.2 Å². The minimum absolute atomic E-state index is 0.102. The fourth-order valence-electron chi connectivity index (χ4n) is 3.19. The van der Waals surface area contributed by atoms with Gasteiger partial charge in [-0.05, 0) is 30.2 Å². The van der Waals surface area contributed by atoms with Gasteiger partial charge in [0.25, 0.3) is 0 Å². The van der Waals surface area contributed by atoms with Crippen molar-refractivity contribution in [1.29, 1.82) is 0 Å². The monoisotopic (exact) mass is 451 g/mol. The highest BCUT2D eigenvalue weighted by molar-refractivity contribution is 6.48. The highest BCUT2D eigenvalue weighted by atomic mass is 35.5. The second kappa shape index (κ2) is 13.2. The van der Waals surface area contributed by atoms with E-state index in [1.807, 2.05) is 33.8 Å². The topological polar surface area (TPSA) is 118 Å². The first-order valence-electron chi connectivity index (χ1n) is 10.6. The van der Waals surface area contributed by atoms with Gasteiger partial charge in [0.15, 0.2) is 0 Å². The molecule has 172 valence electrons. The number of carbonyl (C=O) groups is 4. The highest BCUT2D eigenvalue weighted by Crippen LogP contribution is 2.10. The SMILES string of the molecule is CC(C)C[C@H](NC(=O)[C@@H](N)CC(C)C)C(=O)N[C@@H](Cc1ccccc1)C(=O)C(=O)CCl. The van der Waals surface area contributed by atoms with Crippen molar-refractivity contribution >= 4 is 35.0 Å². The summed E-state index contributed by atoms with van der Waals surface area (Å²) < 4.78 is 0. The minimum Gasteiger partial charge on any atom is -0.344 e. The average Bonchev–Trinajstić information content (AvgIpc) is 2.71. The number of benzene rings is 1. The third-order valence-corrected chi connectivity index (χ3v) is 4.96. The van der Waals surface area contributed by atoms with E-state index in [0.717, 1.165) is 5.56 Å². The van der Waals surface area contributed by atoms with Gasteiger partial charge in [-0.1, -0.05) is 58.0 Å². The van der Waals surface area contributed by atoms with Crippen LogP contribution in [-0.4, -0.2) is 47.4 Å². The van der Waals surface area contributed by atoms with Gasteiger partial charge in [-0.2, -0.15) is 0 Å². The Morgan fingerprint density at radius 1 is 0.871 bits per heavy atom. The first-order chi connectivity index (χ1) is 14.5. The number of amides is 2. The summed E-state index contributed by atoms with van der Waals surface area (Å²) in [6.07, 6.45) is 0.992. The molecule has 1 rings (SSSR count). The van der Waals surface area contributed by atoms with Crippen molar-refractivity contribution in [2.45, 2.75) is 65.1 Å². The molecular formula is C23H34ClN3O4. The molecular weight excluding hydrogens is 418 g/mol. The van der Waals surface area contributed by atoms with E-state index in [-0.39, 0.29) is 18.3 Å². The molecule has 0 unspecified atom stereocenters. The van der Waals surface area contributed by atoms with Crippen LogP contribution in [0.15, 0.2) is 30.3 Å². The molecule has 8 heteroatoms. The third-order valence-electron chi connectivity index (χ3n) is 4.71. The molecule has 0 radical (unpaired) electrons. The van der Waals surface area contributed by atoms with Crippen LogP contribution in [-0.2, 0) is 25.6 Å². The van der Waals surface area contributed by atoms with Gasteiger partial charge in [0.05, 0.1) is 18.0 Å². The Morgan fingerprint density at radius 3 is 1.94 bits per heavy atom. The smallest absolute Gasteiger partial charge is 0.243 e. The summed E-state index contributed by atoms with van der Waals surface area (Å²) in [5.41, 5.74) is 6.73. The average molecular weight is 452 g/mol. The third kappa shape index (κ3) is 9.61. The highest BCUT2D eigenvalue weighted by Gasteiger charge is 2.31. The predicted octanol–water partition coefficient (Wildman–Crippen LogP) is 2.00. The normalized spacial score (nSPS) is 14.1. The molecule has 2 amide bonds. The van der Waals surface area contributed by atoms with E-state index in [4.69, 9.17) is 17.3 Å². The fourth-order valence-corrected chi connectivity index (χ4v) is 3.32.